The standard InChI is InChI=1S/C13H21N3OS/c1-3-6-10-13(18-16-15-10)12(14-8-4-2)11-7-5-9-17-11/h7,12,14H,3-6,8-9H2,1-2H3. The maximum Gasteiger partial charge on any atom is 0.115 e. The fourth-order valence-corrected chi connectivity index (χ4v) is 2.87. The van der Waals surface area contributed by atoms with Gasteiger partial charge in [-0.3, -0.25) is 0 Å². The van der Waals surface area contributed by atoms with Gasteiger partial charge in [-0.05, 0) is 37.0 Å². The molecular formula is C13H21N3OS. The molecule has 4 nitrogen and oxygen atoms in total. The van der Waals surface area contributed by atoms with Crippen LogP contribution in [0.3, 0.4) is 0 Å². The van der Waals surface area contributed by atoms with E-state index in [9.17, 15) is 0 Å². The summed E-state index contributed by atoms with van der Waals surface area (Å²) < 4.78 is 9.83. The van der Waals surface area contributed by atoms with E-state index in [1.165, 1.54) is 16.4 Å². The summed E-state index contributed by atoms with van der Waals surface area (Å²) in [5.41, 5.74) is 1.12. The van der Waals surface area contributed by atoms with Crippen molar-refractivity contribution in [2.24, 2.45) is 0 Å². The highest BCUT2D eigenvalue weighted by atomic mass is 32.1. The van der Waals surface area contributed by atoms with Gasteiger partial charge in [0.15, 0.2) is 0 Å². The van der Waals surface area contributed by atoms with Gasteiger partial charge in [0.2, 0.25) is 0 Å². The molecule has 0 aliphatic carbocycles. The maximum atomic E-state index is 5.72. The van der Waals surface area contributed by atoms with Crippen LogP contribution < -0.4 is 5.32 Å². The Morgan fingerprint density at radius 3 is 3.00 bits per heavy atom. The zero-order valence-electron chi connectivity index (χ0n) is 11.1. The van der Waals surface area contributed by atoms with Crippen molar-refractivity contribution in [3.63, 3.8) is 0 Å². The lowest BCUT2D eigenvalue weighted by molar-refractivity contribution is 0.216. The largest absolute Gasteiger partial charge is 0.496 e. The second kappa shape index (κ2) is 6.85. The fourth-order valence-electron chi connectivity index (χ4n) is 2.09. The molecule has 1 aromatic rings. The Morgan fingerprint density at radius 1 is 1.44 bits per heavy atom. The van der Waals surface area contributed by atoms with Crippen molar-refractivity contribution in [2.45, 2.75) is 45.6 Å². The summed E-state index contributed by atoms with van der Waals surface area (Å²) >= 11 is 1.49. The van der Waals surface area contributed by atoms with E-state index in [0.29, 0.717) is 0 Å². The first kappa shape index (κ1) is 13.5. The minimum atomic E-state index is 0.147. The lowest BCUT2D eigenvalue weighted by atomic mass is 10.1. The summed E-state index contributed by atoms with van der Waals surface area (Å²) in [5.74, 6) is 1.05. The first-order valence-electron chi connectivity index (χ1n) is 6.74. The molecule has 0 amide bonds. The molecule has 100 valence electrons. The highest BCUT2D eigenvalue weighted by Crippen LogP contribution is 2.30. The highest BCUT2D eigenvalue weighted by molar-refractivity contribution is 7.05. The summed E-state index contributed by atoms with van der Waals surface area (Å²) in [7, 11) is 0. The third-order valence-electron chi connectivity index (χ3n) is 2.95. The van der Waals surface area contributed by atoms with Gasteiger partial charge in [-0.15, -0.1) is 5.10 Å². The normalized spacial score (nSPS) is 16.4. The van der Waals surface area contributed by atoms with Crippen LogP contribution in [0.5, 0.6) is 0 Å². The number of nitrogens with zero attached hydrogens (tertiary/aromatic N) is 2. The van der Waals surface area contributed by atoms with Gasteiger partial charge in [0.05, 0.1) is 17.2 Å². The van der Waals surface area contributed by atoms with Gasteiger partial charge in [-0.25, -0.2) is 0 Å². The van der Waals surface area contributed by atoms with Gasteiger partial charge in [-0.1, -0.05) is 24.8 Å². The lowest BCUT2D eigenvalue weighted by Gasteiger charge is -2.18. The first-order valence-corrected chi connectivity index (χ1v) is 7.51. The number of hydrogen-bond acceptors (Lipinski definition) is 5. The molecule has 0 radical (unpaired) electrons. The van der Waals surface area contributed by atoms with Crippen molar-refractivity contribution < 1.29 is 4.74 Å². The van der Waals surface area contributed by atoms with Crippen LogP contribution in [0.15, 0.2) is 11.8 Å². The molecule has 1 N–H and O–H groups in total. The number of aromatic nitrogens is 2. The average Bonchev–Trinajstić information content (AvgIpc) is 3.02. The van der Waals surface area contributed by atoms with Gasteiger partial charge < -0.3 is 10.1 Å². The molecule has 0 aromatic carbocycles. The molecular weight excluding hydrogens is 246 g/mol. The van der Waals surface area contributed by atoms with Gasteiger partial charge in [0, 0.05) is 6.42 Å². The zero-order chi connectivity index (χ0) is 12.8. The molecule has 2 heterocycles. The van der Waals surface area contributed by atoms with E-state index < -0.39 is 0 Å². The molecule has 0 bridgehead atoms. The molecule has 5 heteroatoms. The highest BCUT2D eigenvalue weighted by Gasteiger charge is 2.25. The molecule has 1 unspecified atom stereocenters. The quantitative estimate of drug-likeness (QED) is 0.825. The van der Waals surface area contributed by atoms with Crippen molar-refractivity contribution >= 4 is 11.5 Å². The minimum absolute atomic E-state index is 0.147. The van der Waals surface area contributed by atoms with Crippen molar-refractivity contribution in [1.29, 1.82) is 0 Å². The average molecular weight is 267 g/mol. The Morgan fingerprint density at radius 2 is 2.33 bits per heavy atom. The van der Waals surface area contributed by atoms with Crippen LogP contribution >= 0.6 is 11.5 Å². The Hall–Kier alpha value is -0.940. The smallest absolute Gasteiger partial charge is 0.115 e. The molecule has 0 fully saturated rings. The summed E-state index contributed by atoms with van der Waals surface area (Å²) in [4.78, 5) is 1.22. The molecule has 0 saturated heterocycles. The van der Waals surface area contributed by atoms with Crippen LogP contribution in [0.2, 0.25) is 0 Å². The van der Waals surface area contributed by atoms with Gasteiger partial charge in [0.1, 0.15) is 11.8 Å². The van der Waals surface area contributed by atoms with E-state index in [4.69, 9.17) is 4.74 Å². The van der Waals surface area contributed by atoms with Crippen molar-refractivity contribution in [3.8, 4) is 0 Å². The van der Waals surface area contributed by atoms with Gasteiger partial charge in [0.25, 0.3) is 0 Å². The molecule has 2 rings (SSSR count). The predicted molar refractivity (Wildman–Crippen MR) is 73.6 cm³/mol. The van der Waals surface area contributed by atoms with E-state index >= 15 is 0 Å². The minimum Gasteiger partial charge on any atom is -0.496 e. The van der Waals surface area contributed by atoms with Crippen LogP contribution in [0.4, 0.5) is 0 Å². The number of rotatable bonds is 7. The molecule has 0 spiro atoms. The number of aryl methyl sites for hydroxylation is 1. The molecule has 1 aliphatic heterocycles. The van der Waals surface area contributed by atoms with Crippen molar-refractivity contribution in [1.82, 2.24) is 14.9 Å². The van der Waals surface area contributed by atoms with E-state index in [2.05, 4.69) is 34.8 Å². The first-order chi connectivity index (χ1) is 8.86. The van der Waals surface area contributed by atoms with Crippen LogP contribution in [-0.2, 0) is 11.2 Å². The van der Waals surface area contributed by atoms with Crippen molar-refractivity contribution in [2.75, 3.05) is 13.2 Å². The zero-order valence-corrected chi connectivity index (χ0v) is 11.9. The number of ether oxygens (including phenoxy) is 1. The Bertz CT molecular complexity index is 403. The fraction of sp³-hybridized carbons (Fsp3) is 0.692. The van der Waals surface area contributed by atoms with Crippen LogP contribution in [-0.4, -0.2) is 22.7 Å². The van der Waals surface area contributed by atoms with Crippen LogP contribution in [0.25, 0.3) is 0 Å². The summed E-state index contributed by atoms with van der Waals surface area (Å²) in [5, 5.41) is 7.80. The topological polar surface area (TPSA) is 47.0 Å². The van der Waals surface area contributed by atoms with Gasteiger partial charge >= 0.3 is 0 Å². The predicted octanol–water partition coefficient (Wildman–Crippen LogP) is 2.84. The molecule has 1 aromatic heterocycles. The molecule has 18 heavy (non-hydrogen) atoms. The second-order valence-electron chi connectivity index (χ2n) is 4.46. The van der Waals surface area contributed by atoms with E-state index in [1.54, 1.807) is 0 Å². The molecule has 1 aliphatic rings. The second-order valence-corrected chi connectivity index (χ2v) is 5.25. The van der Waals surface area contributed by atoms with Crippen LogP contribution in [0, 0.1) is 0 Å². The van der Waals surface area contributed by atoms with Crippen molar-refractivity contribution in [3.05, 3.63) is 22.4 Å². The third-order valence-corrected chi connectivity index (χ3v) is 3.78. The van der Waals surface area contributed by atoms with Crippen LogP contribution in [0.1, 0.15) is 49.7 Å². The SMILES string of the molecule is CCCNC(C1=CCCO1)c1snnc1CCC. The number of hydrogen-bond donors (Lipinski definition) is 1. The number of nitrogens with one attached hydrogen (secondary N) is 1. The van der Waals surface area contributed by atoms with E-state index in [1.807, 2.05) is 0 Å². The molecule has 0 saturated carbocycles. The van der Waals surface area contributed by atoms with E-state index in [0.717, 1.165) is 50.3 Å². The Kier molecular flexibility index (Phi) is 5.13. The van der Waals surface area contributed by atoms with E-state index in [-0.39, 0.29) is 6.04 Å². The Labute approximate surface area is 113 Å². The monoisotopic (exact) mass is 267 g/mol. The summed E-state index contributed by atoms with van der Waals surface area (Å²) in [6.45, 7) is 6.12. The maximum absolute atomic E-state index is 5.72. The Balaban J connectivity index is 2.18. The van der Waals surface area contributed by atoms with Gasteiger partial charge in [-0.2, -0.15) is 0 Å². The summed E-state index contributed by atoms with van der Waals surface area (Å²) in [6.07, 6.45) is 6.39. The summed E-state index contributed by atoms with van der Waals surface area (Å²) in [6, 6.07) is 0.147. The molecule has 1 atom stereocenters. The lowest BCUT2D eigenvalue weighted by Crippen LogP contribution is -2.24. The third kappa shape index (κ3) is 3.09.